The zero-order valence-corrected chi connectivity index (χ0v) is 11.9. The minimum atomic E-state index is -0.0800. The van der Waals surface area contributed by atoms with Crippen LogP contribution in [0.2, 0.25) is 0 Å². The third-order valence-corrected chi connectivity index (χ3v) is 3.98. The SMILES string of the molecule is CC(C)n1cc(NC2CC(c3ccccc3F)C2)cn1. The van der Waals surface area contributed by atoms with Gasteiger partial charge in [0.2, 0.25) is 0 Å². The Bertz CT molecular complexity index is 585. The van der Waals surface area contributed by atoms with Crippen molar-refractivity contribution in [3.63, 3.8) is 0 Å². The van der Waals surface area contributed by atoms with E-state index in [0.29, 0.717) is 18.0 Å². The van der Waals surface area contributed by atoms with Gasteiger partial charge in [0, 0.05) is 18.3 Å². The Balaban J connectivity index is 1.57. The summed E-state index contributed by atoms with van der Waals surface area (Å²) in [5.74, 6) is 0.262. The van der Waals surface area contributed by atoms with Gasteiger partial charge in [0.1, 0.15) is 5.82 Å². The molecule has 0 bridgehead atoms. The molecule has 4 heteroatoms. The molecule has 1 saturated carbocycles. The first-order valence-electron chi connectivity index (χ1n) is 7.18. The molecule has 0 unspecified atom stereocenters. The van der Waals surface area contributed by atoms with Gasteiger partial charge < -0.3 is 5.32 Å². The summed E-state index contributed by atoms with van der Waals surface area (Å²) in [5, 5.41) is 7.78. The van der Waals surface area contributed by atoms with Gasteiger partial charge in [-0.1, -0.05) is 18.2 Å². The maximum atomic E-state index is 13.7. The molecule has 1 fully saturated rings. The van der Waals surface area contributed by atoms with Crippen LogP contribution >= 0.6 is 0 Å². The van der Waals surface area contributed by atoms with E-state index in [0.717, 1.165) is 24.1 Å². The molecule has 106 valence electrons. The summed E-state index contributed by atoms with van der Waals surface area (Å²) in [5.41, 5.74) is 1.90. The van der Waals surface area contributed by atoms with Crippen molar-refractivity contribution in [3.05, 3.63) is 48.0 Å². The molecule has 3 rings (SSSR count). The molecule has 3 nitrogen and oxygen atoms in total. The molecule has 2 aromatic rings. The van der Waals surface area contributed by atoms with Gasteiger partial charge in [-0.05, 0) is 44.2 Å². The van der Waals surface area contributed by atoms with Gasteiger partial charge in [0.15, 0.2) is 0 Å². The Morgan fingerprint density at radius 2 is 2.05 bits per heavy atom. The molecule has 0 spiro atoms. The highest BCUT2D eigenvalue weighted by Gasteiger charge is 2.31. The average Bonchev–Trinajstić information content (AvgIpc) is 2.83. The number of benzene rings is 1. The lowest BCUT2D eigenvalue weighted by atomic mass is 9.75. The number of anilines is 1. The topological polar surface area (TPSA) is 29.9 Å². The van der Waals surface area contributed by atoms with Gasteiger partial charge in [-0.3, -0.25) is 4.68 Å². The number of rotatable bonds is 4. The molecule has 0 saturated heterocycles. The third-order valence-electron chi connectivity index (χ3n) is 3.98. The zero-order chi connectivity index (χ0) is 14.1. The Labute approximate surface area is 118 Å². The van der Waals surface area contributed by atoms with Gasteiger partial charge in [0.05, 0.1) is 11.9 Å². The number of halogens is 1. The van der Waals surface area contributed by atoms with Crippen molar-refractivity contribution >= 4 is 5.69 Å². The van der Waals surface area contributed by atoms with E-state index >= 15 is 0 Å². The van der Waals surface area contributed by atoms with E-state index in [1.165, 1.54) is 0 Å². The van der Waals surface area contributed by atoms with Crippen molar-refractivity contribution in [2.75, 3.05) is 5.32 Å². The number of nitrogens with one attached hydrogen (secondary N) is 1. The normalized spacial score (nSPS) is 21.8. The van der Waals surface area contributed by atoms with Gasteiger partial charge in [0.25, 0.3) is 0 Å². The van der Waals surface area contributed by atoms with E-state index in [2.05, 4.69) is 24.3 Å². The lowest BCUT2D eigenvalue weighted by Gasteiger charge is -2.36. The molecular weight excluding hydrogens is 253 g/mol. The van der Waals surface area contributed by atoms with Crippen LogP contribution in [0.25, 0.3) is 0 Å². The zero-order valence-electron chi connectivity index (χ0n) is 11.9. The van der Waals surface area contributed by atoms with Crippen molar-refractivity contribution in [3.8, 4) is 0 Å². The standard InChI is InChI=1S/C16H20FN3/c1-11(2)20-10-14(9-18-20)19-13-7-12(8-13)15-5-3-4-6-16(15)17/h3-6,9-13,19H,7-8H2,1-2H3. The summed E-state index contributed by atoms with van der Waals surface area (Å²) >= 11 is 0. The minimum absolute atomic E-state index is 0.0800. The van der Waals surface area contributed by atoms with Gasteiger partial charge in [-0.2, -0.15) is 5.10 Å². The Morgan fingerprint density at radius 3 is 2.70 bits per heavy atom. The van der Waals surface area contributed by atoms with E-state index in [4.69, 9.17) is 0 Å². The van der Waals surface area contributed by atoms with Crippen LogP contribution in [0, 0.1) is 5.82 Å². The number of aromatic nitrogens is 2. The maximum absolute atomic E-state index is 13.7. The van der Waals surface area contributed by atoms with Crippen LogP contribution in [0.1, 0.15) is 44.2 Å². The first-order chi connectivity index (χ1) is 9.63. The van der Waals surface area contributed by atoms with E-state index in [9.17, 15) is 4.39 Å². The first-order valence-corrected chi connectivity index (χ1v) is 7.18. The summed E-state index contributed by atoms with van der Waals surface area (Å²) < 4.78 is 15.6. The highest BCUT2D eigenvalue weighted by Crippen LogP contribution is 2.39. The van der Waals surface area contributed by atoms with Crippen LogP contribution in [0.3, 0.4) is 0 Å². The molecule has 0 atom stereocenters. The van der Waals surface area contributed by atoms with Crippen molar-refractivity contribution < 1.29 is 4.39 Å². The Hall–Kier alpha value is -1.84. The summed E-state index contributed by atoms with van der Waals surface area (Å²) in [7, 11) is 0. The van der Waals surface area contributed by atoms with Crippen LogP contribution in [-0.2, 0) is 0 Å². The quantitative estimate of drug-likeness (QED) is 0.913. The minimum Gasteiger partial charge on any atom is -0.380 e. The van der Waals surface area contributed by atoms with Gasteiger partial charge in [-0.15, -0.1) is 0 Å². The first kappa shape index (κ1) is 13.2. The van der Waals surface area contributed by atoms with Crippen LogP contribution in [0.5, 0.6) is 0 Å². The third kappa shape index (κ3) is 2.55. The van der Waals surface area contributed by atoms with Crippen LogP contribution < -0.4 is 5.32 Å². The highest BCUT2D eigenvalue weighted by atomic mass is 19.1. The molecule has 0 aliphatic heterocycles. The van der Waals surface area contributed by atoms with Crippen molar-refractivity contribution in [2.45, 2.75) is 44.7 Å². The van der Waals surface area contributed by atoms with E-state index in [1.54, 1.807) is 12.1 Å². The predicted molar refractivity (Wildman–Crippen MR) is 78.4 cm³/mol. The predicted octanol–water partition coefficient (Wildman–Crippen LogP) is 3.96. The molecule has 0 radical (unpaired) electrons. The van der Waals surface area contributed by atoms with Crippen molar-refractivity contribution in [1.29, 1.82) is 0 Å². The molecule has 1 aliphatic rings. The van der Waals surface area contributed by atoms with E-state index < -0.39 is 0 Å². The van der Waals surface area contributed by atoms with Gasteiger partial charge >= 0.3 is 0 Å². The van der Waals surface area contributed by atoms with Gasteiger partial charge in [-0.25, -0.2) is 4.39 Å². The molecule has 1 N–H and O–H groups in total. The van der Waals surface area contributed by atoms with Crippen LogP contribution in [0.15, 0.2) is 36.7 Å². The number of nitrogens with zero attached hydrogens (tertiary/aromatic N) is 2. The largest absolute Gasteiger partial charge is 0.380 e. The molecule has 1 aliphatic carbocycles. The summed E-state index contributed by atoms with van der Waals surface area (Å²) in [4.78, 5) is 0. The fourth-order valence-electron chi connectivity index (χ4n) is 2.73. The van der Waals surface area contributed by atoms with Crippen LogP contribution in [0.4, 0.5) is 10.1 Å². The lowest BCUT2D eigenvalue weighted by molar-refractivity contribution is 0.363. The molecular formula is C16H20FN3. The number of hydrogen-bond donors (Lipinski definition) is 1. The molecule has 1 aromatic heterocycles. The van der Waals surface area contributed by atoms with E-state index in [-0.39, 0.29) is 5.82 Å². The molecule has 1 aromatic carbocycles. The monoisotopic (exact) mass is 273 g/mol. The second-order valence-electron chi connectivity index (χ2n) is 5.83. The highest BCUT2D eigenvalue weighted by molar-refractivity contribution is 5.41. The second-order valence-corrected chi connectivity index (χ2v) is 5.83. The van der Waals surface area contributed by atoms with Crippen LogP contribution in [-0.4, -0.2) is 15.8 Å². The maximum Gasteiger partial charge on any atom is 0.126 e. The summed E-state index contributed by atoms with van der Waals surface area (Å²) in [6.07, 6.45) is 5.85. The molecule has 20 heavy (non-hydrogen) atoms. The Morgan fingerprint density at radius 1 is 1.30 bits per heavy atom. The average molecular weight is 273 g/mol. The fourth-order valence-corrected chi connectivity index (χ4v) is 2.73. The lowest BCUT2D eigenvalue weighted by Crippen LogP contribution is -2.34. The van der Waals surface area contributed by atoms with E-state index in [1.807, 2.05) is 29.2 Å². The Kier molecular flexibility index (Phi) is 3.47. The smallest absolute Gasteiger partial charge is 0.126 e. The molecule has 0 amide bonds. The summed E-state index contributed by atoms with van der Waals surface area (Å²) in [6, 6.07) is 7.89. The van der Waals surface area contributed by atoms with Crippen molar-refractivity contribution in [2.24, 2.45) is 0 Å². The second kappa shape index (κ2) is 5.27. The van der Waals surface area contributed by atoms with Crippen molar-refractivity contribution in [1.82, 2.24) is 9.78 Å². The molecule has 1 heterocycles. The fraction of sp³-hybridized carbons (Fsp3) is 0.438. The number of hydrogen-bond acceptors (Lipinski definition) is 2. The summed E-state index contributed by atoms with van der Waals surface area (Å²) in [6.45, 7) is 4.21.